The Morgan fingerprint density at radius 2 is 2.05 bits per heavy atom. The largest absolute Gasteiger partial charge is 0.395 e. The number of aromatic nitrogens is 1. The Labute approximate surface area is 136 Å². The number of nitrogens with one attached hydrogen (secondary N) is 2. The van der Waals surface area contributed by atoms with Crippen LogP contribution in [-0.2, 0) is 0 Å². The van der Waals surface area contributed by atoms with Crippen LogP contribution in [0.1, 0.15) is 26.4 Å². The summed E-state index contributed by atoms with van der Waals surface area (Å²) in [7, 11) is 0. The van der Waals surface area contributed by atoms with E-state index in [1.165, 1.54) is 0 Å². The molecule has 0 atom stereocenters. The van der Waals surface area contributed by atoms with Crippen LogP contribution in [0.2, 0.25) is 5.02 Å². The average molecular weight is 340 g/mol. The van der Waals surface area contributed by atoms with Gasteiger partial charge in [-0.2, -0.15) is 4.37 Å². The first-order chi connectivity index (χ1) is 10.5. The first-order valence-electron chi connectivity index (χ1n) is 6.45. The molecule has 0 radical (unpaired) electrons. The number of nitrogens with zero attached hydrogens (tertiary/aromatic N) is 1. The summed E-state index contributed by atoms with van der Waals surface area (Å²) in [6, 6.07) is 6.64. The van der Waals surface area contributed by atoms with E-state index >= 15 is 0 Å². The van der Waals surface area contributed by atoms with Crippen molar-refractivity contribution in [3.8, 4) is 0 Å². The van der Waals surface area contributed by atoms with Gasteiger partial charge in [0.05, 0.1) is 28.5 Å². The summed E-state index contributed by atoms with van der Waals surface area (Å²) in [5, 5.41) is 14.6. The van der Waals surface area contributed by atoms with E-state index in [-0.39, 0.29) is 13.2 Å². The Morgan fingerprint density at radius 3 is 2.73 bits per heavy atom. The molecule has 0 saturated carbocycles. The number of aliphatic hydroxyl groups excluding tert-OH is 1. The normalized spacial score (nSPS) is 10.3. The zero-order valence-electron chi connectivity index (χ0n) is 11.7. The first-order valence-corrected chi connectivity index (χ1v) is 7.61. The summed E-state index contributed by atoms with van der Waals surface area (Å²) in [6.45, 7) is 1.64. The van der Waals surface area contributed by atoms with Gasteiger partial charge in [0, 0.05) is 6.54 Å². The van der Waals surface area contributed by atoms with E-state index < -0.39 is 11.8 Å². The number of rotatable bonds is 5. The van der Waals surface area contributed by atoms with Crippen molar-refractivity contribution in [2.24, 2.45) is 0 Å². The van der Waals surface area contributed by atoms with Gasteiger partial charge in [0.1, 0.15) is 5.00 Å². The number of hydrogen-bond acceptors (Lipinski definition) is 5. The molecule has 22 heavy (non-hydrogen) atoms. The molecular weight excluding hydrogens is 326 g/mol. The van der Waals surface area contributed by atoms with Crippen molar-refractivity contribution in [2.75, 3.05) is 18.5 Å². The molecule has 116 valence electrons. The molecule has 2 aromatic rings. The minimum absolute atomic E-state index is 0.131. The highest BCUT2D eigenvalue weighted by Crippen LogP contribution is 2.26. The van der Waals surface area contributed by atoms with Crippen LogP contribution >= 0.6 is 23.1 Å². The molecular formula is C14H14ClN3O3S. The maximum absolute atomic E-state index is 12.2. The fraction of sp³-hybridized carbons (Fsp3) is 0.214. The number of anilines is 1. The van der Waals surface area contributed by atoms with Crippen molar-refractivity contribution in [1.82, 2.24) is 9.69 Å². The number of aryl methyl sites for hydroxylation is 1. The van der Waals surface area contributed by atoms with Crippen LogP contribution in [0.3, 0.4) is 0 Å². The van der Waals surface area contributed by atoms with Gasteiger partial charge < -0.3 is 15.7 Å². The molecule has 0 fully saturated rings. The predicted molar refractivity (Wildman–Crippen MR) is 85.7 cm³/mol. The second-order valence-corrected chi connectivity index (χ2v) is 5.57. The lowest BCUT2D eigenvalue weighted by Gasteiger charge is -2.08. The van der Waals surface area contributed by atoms with E-state index in [0.29, 0.717) is 26.8 Å². The smallest absolute Gasteiger partial charge is 0.257 e. The molecule has 0 unspecified atom stereocenters. The lowest BCUT2D eigenvalue weighted by atomic mass is 10.2. The molecule has 3 N–H and O–H groups in total. The SMILES string of the molecule is Cc1nsc(NC(=O)c2ccccc2Cl)c1C(=O)NCCO. The summed E-state index contributed by atoms with van der Waals surface area (Å²) < 4.78 is 4.09. The number of halogens is 1. The van der Waals surface area contributed by atoms with Crippen molar-refractivity contribution < 1.29 is 14.7 Å². The Bertz CT molecular complexity index is 702. The van der Waals surface area contributed by atoms with Gasteiger partial charge in [-0.1, -0.05) is 23.7 Å². The summed E-state index contributed by atoms with van der Waals surface area (Å²) in [5.74, 6) is -0.805. The number of benzene rings is 1. The zero-order chi connectivity index (χ0) is 16.1. The van der Waals surface area contributed by atoms with E-state index in [4.69, 9.17) is 16.7 Å². The van der Waals surface area contributed by atoms with Crippen molar-refractivity contribution in [3.63, 3.8) is 0 Å². The topological polar surface area (TPSA) is 91.3 Å². The number of hydrogen-bond donors (Lipinski definition) is 3. The third-order valence-electron chi connectivity index (χ3n) is 2.83. The Morgan fingerprint density at radius 1 is 1.32 bits per heavy atom. The highest BCUT2D eigenvalue weighted by atomic mass is 35.5. The quantitative estimate of drug-likeness (QED) is 0.777. The fourth-order valence-electron chi connectivity index (χ4n) is 1.80. The molecule has 0 spiro atoms. The molecule has 0 aliphatic rings. The monoisotopic (exact) mass is 339 g/mol. The van der Waals surface area contributed by atoms with Crippen molar-refractivity contribution >= 4 is 39.9 Å². The molecule has 1 aromatic heterocycles. The van der Waals surface area contributed by atoms with E-state index in [9.17, 15) is 9.59 Å². The van der Waals surface area contributed by atoms with Crippen molar-refractivity contribution in [3.05, 3.63) is 46.1 Å². The third kappa shape index (κ3) is 3.62. The van der Waals surface area contributed by atoms with Gasteiger partial charge in [-0.15, -0.1) is 0 Å². The van der Waals surface area contributed by atoms with E-state index in [2.05, 4.69) is 15.0 Å². The van der Waals surface area contributed by atoms with Crippen molar-refractivity contribution in [1.29, 1.82) is 0 Å². The predicted octanol–water partition coefficient (Wildman–Crippen LogP) is 2.08. The number of amides is 2. The van der Waals surface area contributed by atoms with Crippen LogP contribution in [0.15, 0.2) is 24.3 Å². The number of carbonyl (C=O) groups is 2. The molecule has 2 amide bonds. The Kier molecular flexibility index (Phi) is 5.48. The minimum atomic E-state index is -0.412. The van der Waals surface area contributed by atoms with Gasteiger partial charge in [0.25, 0.3) is 11.8 Å². The second-order valence-electron chi connectivity index (χ2n) is 4.39. The van der Waals surface area contributed by atoms with Crippen LogP contribution in [0.25, 0.3) is 0 Å². The van der Waals surface area contributed by atoms with Gasteiger partial charge in [-0.05, 0) is 30.6 Å². The maximum Gasteiger partial charge on any atom is 0.257 e. The Balaban J connectivity index is 2.22. The second kappa shape index (κ2) is 7.35. The summed E-state index contributed by atoms with van der Waals surface area (Å²) in [5.41, 5.74) is 1.12. The highest BCUT2D eigenvalue weighted by Gasteiger charge is 2.20. The minimum Gasteiger partial charge on any atom is -0.395 e. The van der Waals surface area contributed by atoms with E-state index in [1.807, 2.05) is 0 Å². The van der Waals surface area contributed by atoms with Gasteiger partial charge in [-0.3, -0.25) is 9.59 Å². The molecule has 8 heteroatoms. The van der Waals surface area contributed by atoms with Crippen LogP contribution in [-0.4, -0.2) is 34.4 Å². The summed E-state index contributed by atoms with van der Waals surface area (Å²) >= 11 is 7.00. The molecule has 2 rings (SSSR count). The van der Waals surface area contributed by atoms with Gasteiger partial charge in [0.15, 0.2) is 0 Å². The highest BCUT2D eigenvalue weighted by molar-refractivity contribution is 7.11. The molecule has 1 heterocycles. The van der Waals surface area contributed by atoms with Crippen LogP contribution in [0.4, 0.5) is 5.00 Å². The molecule has 0 aliphatic carbocycles. The lowest BCUT2D eigenvalue weighted by Crippen LogP contribution is -2.27. The van der Waals surface area contributed by atoms with Crippen LogP contribution in [0.5, 0.6) is 0 Å². The van der Waals surface area contributed by atoms with E-state index in [1.54, 1.807) is 31.2 Å². The van der Waals surface area contributed by atoms with Crippen molar-refractivity contribution in [2.45, 2.75) is 6.92 Å². The van der Waals surface area contributed by atoms with Gasteiger partial charge in [-0.25, -0.2) is 0 Å². The fourth-order valence-corrected chi connectivity index (χ4v) is 2.81. The third-order valence-corrected chi connectivity index (χ3v) is 4.02. The molecule has 0 aliphatic heterocycles. The van der Waals surface area contributed by atoms with E-state index in [0.717, 1.165) is 11.5 Å². The Hall–Kier alpha value is -1.96. The average Bonchev–Trinajstić information content (AvgIpc) is 2.86. The standard InChI is InChI=1S/C14H14ClN3O3S/c1-8-11(13(21)16-6-7-19)14(22-18-8)17-12(20)9-4-2-3-5-10(9)15/h2-5,19H,6-7H2,1H3,(H,16,21)(H,17,20). The van der Waals surface area contributed by atoms with Crippen LogP contribution in [0, 0.1) is 6.92 Å². The van der Waals surface area contributed by atoms with Gasteiger partial charge >= 0.3 is 0 Å². The zero-order valence-corrected chi connectivity index (χ0v) is 13.3. The number of carbonyl (C=O) groups excluding carboxylic acids is 2. The lowest BCUT2D eigenvalue weighted by molar-refractivity contribution is 0.0945. The number of aliphatic hydroxyl groups is 1. The summed E-state index contributed by atoms with van der Waals surface area (Å²) in [4.78, 5) is 24.3. The molecule has 0 saturated heterocycles. The molecule has 1 aromatic carbocycles. The van der Waals surface area contributed by atoms with Gasteiger partial charge in [0.2, 0.25) is 0 Å². The van der Waals surface area contributed by atoms with Crippen LogP contribution < -0.4 is 10.6 Å². The molecule has 6 nitrogen and oxygen atoms in total. The maximum atomic E-state index is 12.2. The molecule has 0 bridgehead atoms. The summed E-state index contributed by atoms with van der Waals surface area (Å²) in [6.07, 6.45) is 0. The first kappa shape index (κ1) is 16.4.